The number of anilines is 1. The lowest BCUT2D eigenvalue weighted by atomic mass is 9.98. The van der Waals surface area contributed by atoms with E-state index in [1.54, 1.807) is 0 Å². The molecule has 1 aliphatic carbocycles. The van der Waals surface area contributed by atoms with Gasteiger partial charge in [-0.1, -0.05) is 37.2 Å². The van der Waals surface area contributed by atoms with Crippen LogP contribution >= 0.6 is 12.2 Å². The summed E-state index contributed by atoms with van der Waals surface area (Å²) in [6.45, 7) is 4.39. The molecule has 2 nitrogen and oxygen atoms in total. The molecular weight excluding hydrogens is 228 g/mol. The van der Waals surface area contributed by atoms with Gasteiger partial charge in [0.25, 0.3) is 0 Å². The number of nitrogens with one attached hydrogen (secondary N) is 1. The first kappa shape index (κ1) is 12.4. The maximum atomic E-state index is 5.79. The predicted molar refractivity (Wildman–Crippen MR) is 77.6 cm³/mol. The highest BCUT2D eigenvalue weighted by Gasteiger charge is 2.29. The molecule has 0 radical (unpaired) electrons. The summed E-state index contributed by atoms with van der Waals surface area (Å²) in [5, 5.41) is 3.67. The maximum Gasteiger partial charge on any atom is 0.106 e. The third-order valence-electron chi connectivity index (χ3n) is 3.67. The maximum absolute atomic E-state index is 5.79. The van der Waals surface area contributed by atoms with Gasteiger partial charge in [-0.2, -0.15) is 0 Å². The number of thiocarbonyl (C=S) groups is 1. The van der Waals surface area contributed by atoms with E-state index in [1.807, 2.05) is 12.1 Å². The zero-order valence-electron chi connectivity index (χ0n) is 10.5. The van der Waals surface area contributed by atoms with E-state index in [-0.39, 0.29) is 5.54 Å². The fourth-order valence-electron chi connectivity index (χ4n) is 2.62. The van der Waals surface area contributed by atoms with Crippen LogP contribution in [0.3, 0.4) is 0 Å². The first-order valence-electron chi connectivity index (χ1n) is 6.19. The van der Waals surface area contributed by atoms with Crippen molar-refractivity contribution < 1.29 is 0 Å². The molecule has 2 rings (SSSR count). The van der Waals surface area contributed by atoms with Crippen LogP contribution in [-0.4, -0.2) is 10.5 Å². The van der Waals surface area contributed by atoms with Gasteiger partial charge in [-0.25, -0.2) is 0 Å². The molecule has 0 amide bonds. The van der Waals surface area contributed by atoms with Gasteiger partial charge in [-0.3, -0.25) is 0 Å². The number of aryl methyl sites for hydroxylation is 1. The van der Waals surface area contributed by atoms with Gasteiger partial charge in [0.1, 0.15) is 4.99 Å². The standard InChI is InChI=1S/C14H20N2S/c1-10-6-5-7-11(13(15)17)12(10)16-14(2)8-3-4-9-14/h5-7,16H,3-4,8-9H2,1-2H3,(H2,15,17). The SMILES string of the molecule is Cc1cccc(C(N)=S)c1NC1(C)CCCC1. The van der Waals surface area contributed by atoms with Crippen LogP contribution in [0.1, 0.15) is 43.7 Å². The summed E-state index contributed by atoms with van der Waals surface area (Å²) < 4.78 is 0. The molecule has 1 fully saturated rings. The zero-order valence-corrected chi connectivity index (χ0v) is 11.4. The molecule has 0 aliphatic heterocycles. The second-order valence-electron chi connectivity index (χ2n) is 5.25. The third kappa shape index (κ3) is 2.60. The number of hydrogen-bond donors (Lipinski definition) is 2. The van der Waals surface area contributed by atoms with Gasteiger partial charge in [0.15, 0.2) is 0 Å². The summed E-state index contributed by atoms with van der Waals surface area (Å²) in [5.74, 6) is 0. The average molecular weight is 248 g/mol. The minimum absolute atomic E-state index is 0.200. The van der Waals surface area contributed by atoms with E-state index in [0.717, 1.165) is 11.3 Å². The van der Waals surface area contributed by atoms with Crippen molar-refractivity contribution >= 4 is 22.9 Å². The van der Waals surface area contributed by atoms with E-state index in [1.165, 1.54) is 31.2 Å². The summed E-state index contributed by atoms with van der Waals surface area (Å²) >= 11 is 5.12. The normalized spacial score (nSPS) is 18.0. The predicted octanol–water partition coefficient (Wildman–Crippen LogP) is 3.37. The van der Waals surface area contributed by atoms with Gasteiger partial charge >= 0.3 is 0 Å². The minimum atomic E-state index is 0.200. The molecule has 0 saturated heterocycles. The summed E-state index contributed by atoms with van der Waals surface area (Å²) in [5.41, 5.74) is 9.28. The monoisotopic (exact) mass is 248 g/mol. The number of rotatable bonds is 3. The highest BCUT2D eigenvalue weighted by Crippen LogP contribution is 2.34. The molecule has 1 aliphatic rings. The first-order valence-corrected chi connectivity index (χ1v) is 6.60. The summed E-state index contributed by atoms with van der Waals surface area (Å²) in [4.78, 5) is 0.470. The molecule has 0 atom stereocenters. The lowest BCUT2D eigenvalue weighted by molar-refractivity contribution is 0.533. The van der Waals surface area contributed by atoms with Crippen LogP contribution in [0.25, 0.3) is 0 Å². The topological polar surface area (TPSA) is 38.0 Å². The molecule has 1 aromatic carbocycles. The van der Waals surface area contributed by atoms with Crippen molar-refractivity contribution in [3.8, 4) is 0 Å². The molecule has 0 unspecified atom stereocenters. The Balaban J connectivity index is 2.34. The molecule has 0 aromatic heterocycles. The van der Waals surface area contributed by atoms with Crippen LogP contribution in [0, 0.1) is 6.92 Å². The van der Waals surface area contributed by atoms with E-state index in [4.69, 9.17) is 18.0 Å². The van der Waals surface area contributed by atoms with Crippen molar-refractivity contribution in [2.75, 3.05) is 5.32 Å². The highest BCUT2D eigenvalue weighted by molar-refractivity contribution is 7.80. The summed E-state index contributed by atoms with van der Waals surface area (Å²) in [6, 6.07) is 6.10. The molecule has 1 saturated carbocycles. The Morgan fingerprint density at radius 1 is 1.35 bits per heavy atom. The lowest BCUT2D eigenvalue weighted by Gasteiger charge is -2.29. The van der Waals surface area contributed by atoms with Crippen molar-refractivity contribution in [2.24, 2.45) is 5.73 Å². The number of nitrogens with two attached hydrogens (primary N) is 1. The number of hydrogen-bond acceptors (Lipinski definition) is 2. The van der Waals surface area contributed by atoms with Gasteiger partial charge in [0, 0.05) is 16.8 Å². The number of benzene rings is 1. The van der Waals surface area contributed by atoms with Gasteiger partial charge in [0.05, 0.1) is 0 Å². The largest absolute Gasteiger partial charge is 0.389 e. The van der Waals surface area contributed by atoms with Gasteiger partial charge in [0.2, 0.25) is 0 Å². The van der Waals surface area contributed by atoms with Crippen molar-refractivity contribution in [1.82, 2.24) is 0 Å². The van der Waals surface area contributed by atoms with E-state index < -0.39 is 0 Å². The Bertz CT molecular complexity index is 434. The van der Waals surface area contributed by atoms with Crippen molar-refractivity contribution in [3.63, 3.8) is 0 Å². The zero-order chi connectivity index (χ0) is 12.5. The molecule has 0 bridgehead atoms. The van der Waals surface area contributed by atoms with E-state index >= 15 is 0 Å². The lowest BCUT2D eigenvalue weighted by Crippen LogP contribution is -2.32. The van der Waals surface area contributed by atoms with Gasteiger partial charge in [-0.05, 0) is 38.3 Å². The quantitative estimate of drug-likeness (QED) is 0.805. The Morgan fingerprint density at radius 2 is 2.00 bits per heavy atom. The Kier molecular flexibility index (Phi) is 3.38. The van der Waals surface area contributed by atoms with Crippen LogP contribution in [0.15, 0.2) is 18.2 Å². The van der Waals surface area contributed by atoms with Crippen LogP contribution in [0.4, 0.5) is 5.69 Å². The van der Waals surface area contributed by atoms with Crippen molar-refractivity contribution in [3.05, 3.63) is 29.3 Å². The van der Waals surface area contributed by atoms with E-state index in [0.29, 0.717) is 4.99 Å². The molecule has 3 N–H and O–H groups in total. The smallest absolute Gasteiger partial charge is 0.106 e. The van der Waals surface area contributed by atoms with Crippen LogP contribution in [0.2, 0.25) is 0 Å². The molecular formula is C14H20N2S. The second-order valence-corrected chi connectivity index (χ2v) is 5.69. The Hall–Kier alpha value is -1.09. The van der Waals surface area contributed by atoms with Crippen molar-refractivity contribution in [2.45, 2.75) is 45.1 Å². The number of para-hydroxylation sites is 1. The van der Waals surface area contributed by atoms with Crippen molar-refractivity contribution in [1.29, 1.82) is 0 Å². The molecule has 0 spiro atoms. The van der Waals surface area contributed by atoms with Crippen LogP contribution < -0.4 is 11.1 Å². The highest BCUT2D eigenvalue weighted by atomic mass is 32.1. The summed E-state index contributed by atoms with van der Waals surface area (Å²) in [6.07, 6.45) is 5.05. The van der Waals surface area contributed by atoms with Gasteiger partial charge < -0.3 is 11.1 Å². The average Bonchev–Trinajstić information content (AvgIpc) is 2.68. The van der Waals surface area contributed by atoms with Crippen LogP contribution in [0.5, 0.6) is 0 Å². The Morgan fingerprint density at radius 3 is 2.59 bits per heavy atom. The van der Waals surface area contributed by atoms with Crippen LogP contribution in [-0.2, 0) is 0 Å². The molecule has 17 heavy (non-hydrogen) atoms. The van der Waals surface area contributed by atoms with E-state index in [9.17, 15) is 0 Å². The third-order valence-corrected chi connectivity index (χ3v) is 3.89. The minimum Gasteiger partial charge on any atom is -0.389 e. The Labute approximate surface area is 109 Å². The molecule has 1 aromatic rings. The molecule has 3 heteroatoms. The fourth-order valence-corrected chi connectivity index (χ4v) is 2.79. The molecule has 0 heterocycles. The first-order chi connectivity index (χ1) is 8.02. The van der Waals surface area contributed by atoms with E-state index in [2.05, 4.69) is 25.2 Å². The molecule has 92 valence electrons. The fraction of sp³-hybridized carbons (Fsp3) is 0.500. The second kappa shape index (κ2) is 4.65. The summed E-state index contributed by atoms with van der Waals surface area (Å²) in [7, 11) is 0. The van der Waals surface area contributed by atoms with Gasteiger partial charge in [-0.15, -0.1) is 0 Å².